The molecule has 0 radical (unpaired) electrons. The van der Waals surface area contributed by atoms with Crippen LogP contribution in [-0.4, -0.2) is 28.2 Å². The van der Waals surface area contributed by atoms with Gasteiger partial charge in [0.25, 0.3) is 0 Å². The maximum absolute atomic E-state index is 11.7. The van der Waals surface area contributed by atoms with Gasteiger partial charge < -0.3 is 20.4 Å². The summed E-state index contributed by atoms with van der Waals surface area (Å²) in [6.45, 7) is 4.92. The zero-order chi connectivity index (χ0) is 15.2. The van der Waals surface area contributed by atoms with Crippen molar-refractivity contribution < 1.29 is 9.53 Å². The first kappa shape index (κ1) is 14.9. The van der Waals surface area contributed by atoms with Crippen LogP contribution in [0.1, 0.15) is 24.2 Å². The van der Waals surface area contributed by atoms with E-state index in [0.717, 1.165) is 12.2 Å². The second-order valence-corrected chi connectivity index (χ2v) is 4.83. The third-order valence-corrected chi connectivity index (χ3v) is 3.01. The monoisotopic (exact) mass is 288 g/mol. The van der Waals surface area contributed by atoms with E-state index in [1.54, 1.807) is 37.6 Å². The van der Waals surface area contributed by atoms with Crippen LogP contribution in [0.3, 0.4) is 0 Å². The van der Waals surface area contributed by atoms with Gasteiger partial charge in [0.15, 0.2) is 0 Å². The number of nitrogens with two attached hydrogens (primary N) is 1. The van der Waals surface area contributed by atoms with Gasteiger partial charge in [-0.25, -0.2) is 9.78 Å². The maximum Gasteiger partial charge on any atom is 0.338 e. The van der Waals surface area contributed by atoms with E-state index < -0.39 is 0 Å². The number of esters is 1. The summed E-state index contributed by atoms with van der Waals surface area (Å²) in [6, 6.07) is 5.23. The molecule has 0 bridgehead atoms. The molecule has 0 amide bonds. The van der Waals surface area contributed by atoms with Gasteiger partial charge in [-0.05, 0) is 32.0 Å². The Morgan fingerprint density at radius 3 is 3.00 bits per heavy atom. The van der Waals surface area contributed by atoms with Gasteiger partial charge in [-0.15, -0.1) is 0 Å². The number of nitrogens with zero attached hydrogens (tertiary/aromatic N) is 2. The third kappa shape index (κ3) is 3.98. The second-order valence-electron chi connectivity index (χ2n) is 4.83. The van der Waals surface area contributed by atoms with E-state index in [1.165, 1.54) is 0 Å². The lowest BCUT2D eigenvalue weighted by atomic mass is 10.1. The van der Waals surface area contributed by atoms with Crippen LogP contribution in [-0.2, 0) is 11.3 Å². The fraction of sp³-hybridized carbons (Fsp3) is 0.333. The number of aromatic nitrogens is 2. The van der Waals surface area contributed by atoms with Gasteiger partial charge in [-0.3, -0.25) is 0 Å². The Morgan fingerprint density at radius 2 is 2.33 bits per heavy atom. The molecule has 1 heterocycles. The summed E-state index contributed by atoms with van der Waals surface area (Å²) in [5.74, 6) is -0.345. The summed E-state index contributed by atoms with van der Waals surface area (Å²) in [6.07, 6.45) is 5.40. The second kappa shape index (κ2) is 6.78. The number of rotatable bonds is 6. The molecule has 0 aliphatic rings. The minimum atomic E-state index is -0.345. The zero-order valence-electron chi connectivity index (χ0n) is 12.2. The van der Waals surface area contributed by atoms with Gasteiger partial charge in [0, 0.05) is 25.0 Å². The van der Waals surface area contributed by atoms with Crippen molar-refractivity contribution >= 4 is 17.3 Å². The van der Waals surface area contributed by atoms with Crippen molar-refractivity contribution in [2.75, 3.05) is 17.7 Å². The Labute approximate surface area is 123 Å². The average molecular weight is 288 g/mol. The van der Waals surface area contributed by atoms with Crippen LogP contribution >= 0.6 is 0 Å². The number of carbonyl (C=O) groups excluding carboxylic acids is 1. The molecule has 1 unspecified atom stereocenters. The van der Waals surface area contributed by atoms with Gasteiger partial charge >= 0.3 is 5.97 Å². The molecule has 6 heteroatoms. The molecule has 1 aromatic heterocycles. The largest absolute Gasteiger partial charge is 0.462 e. The average Bonchev–Trinajstić information content (AvgIpc) is 2.94. The van der Waals surface area contributed by atoms with E-state index >= 15 is 0 Å². The quantitative estimate of drug-likeness (QED) is 0.628. The molecule has 1 aromatic carbocycles. The normalized spacial score (nSPS) is 11.9. The van der Waals surface area contributed by atoms with Crippen molar-refractivity contribution in [2.24, 2.45) is 0 Å². The lowest BCUT2D eigenvalue weighted by Gasteiger charge is -2.18. The molecule has 6 nitrogen and oxygen atoms in total. The number of anilines is 2. The van der Waals surface area contributed by atoms with E-state index in [1.807, 2.05) is 17.7 Å². The van der Waals surface area contributed by atoms with E-state index in [9.17, 15) is 4.79 Å². The highest BCUT2D eigenvalue weighted by atomic mass is 16.5. The fourth-order valence-electron chi connectivity index (χ4n) is 2.04. The number of nitrogen functional groups attached to an aromatic ring is 1. The number of ether oxygens (including phenoxy) is 1. The number of hydrogen-bond donors (Lipinski definition) is 2. The standard InChI is InChI=1S/C15H20N4O2/c1-3-21-15(20)12-4-5-13(16)14(8-12)18-11(2)9-19-7-6-17-10-19/h4-8,10-11,18H,3,9,16H2,1-2H3. The first-order valence-corrected chi connectivity index (χ1v) is 6.89. The molecule has 112 valence electrons. The highest BCUT2D eigenvalue weighted by Gasteiger charge is 2.11. The Balaban J connectivity index is 2.07. The summed E-state index contributed by atoms with van der Waals surface area (Å²) < 4.78 is 6.97. The van der Waals surface area contributed by atoms with Crippen molar-refractivity contribution in [3.8, 4) is 0 Å². The molecule has 0 saturated carbocycles. The first-order chi connectivity index (χ1) is 10.1. The van der Waals surface area contributed by atoms with Crippen molar-refractivity contribution in [2.45, 2.75) is 26.4 Å². The highest BCUT2D eigenvalue weighted by molar-refractivity contribution is 5.92. The lowest BCUT2D eigenvalue weighted by molar-refractivity contribution is 0.0526. The predicted octanol–water partition coefficient (Wildman–Crippen LogP) is 2.14. The molecule has 1 atom stereocenters. The van der Waals surface area contributed by atoms with Crippen LogP contribution in [0.5, 0.6) is 0 Å². The molecule has 2 aromatic rings. The van der Waals surface area contributed by atoms with E-state index in [4.69, 9.17) is 10.5 Å². The summed E-state index contributed by atoms with van der Waals surface area (Å²) in [7, 11) is 0. The molecule has 0 aliphatic heterocycles. The van der Waals surface area contributed by atoms with E-state index in [0.29, 0.717) is 17.9 Å². The Hall–Kier alpha value is -2.50. The Morgan fingerprint density at radius 1 is 1.52 bits per heavy atom. The molecule has 0 aliphatic carbocycles. The minimum absolute atomic E-state index is 0.138. The zero-order valence-corrected chi connectivity index (χ0v) is 12.2. The number of imidazole rings is 1. The van der Waals surface area contributed by atoms with E-state index in [-0.39, 0.29) is 12.0 Å². The molecular formula is C15H20N4O2. The summed E-state index contributed by atoms with van der Waals surface area (Å²) >= 11 is 0. The van der Waals surface area contributed by atoms with Crippen molar-refractivity contribution in [1.82, 2.24) is 9.55 Å². The van der Waals surface area contributed by atoms with Crippen LogP contribution in [0.15, 0.2) is 36.9 Å². The molecule has 0 saturated heterocycles. The molecule has 21 heavy (non-hydrogen) atoms. The predicted molar refractivity (Wildman–Crippen MR) is 82.1 cm³/mol. The van der Waals surface area contributed by atoms with Crippen LogP contribution in [0.2, 0.25) is 0 Å². The first-order valence-electron chi connectivity index (χ1n) is 6.89. The van der Waals surface area contributed by atoms with Gasteiger partial charge in [-0.1, -0.05) is 0 Å². The fourth-order valence-corrected chi connectivity index (χ4v) is 2.04. The molecular weight excluding hydrogens is 268 g/mol. The van der Waals surface area contributed by atoms with Crippen LogP contribution in [0, 0.1) is 0 Å². The SMILES string of the molecule is CCOC(=O)c1ccc(N)c(NC(C)Cn2ccnc2)c1. The third-order valence-electron chi connectivity index (χ3n) is 3.01. The van der Waals surface area contributed by atoms with Gasteiger partial charge in [0.1, 0.15) is 0 Å². The smallest absolute Gasteiger partial charge is 0.338 e. The number of hydrogen-bond acceptors (Lipinski definition) is 5. The van der Waals surface area contributed by atoms with Crippen LogP contribution in [0.25, 0.3) is 0 Å². The molecule has 3 N–H and O–H groups in total. The van der Waals surface area contributed by atoms with Crippen LogP contribution in [0.4, 0.5) is 11.4 Å². The maximum atomic E-state index is 11.7. The highest BCUT2D eigenvalue weighted by Crippen LogP contribution is 2.21. The van der Waals surface area contributed by atoms with E-state index in [2.05, 4.69) is 10.3 Å². The Kier molecular flexibility index (Phi) is 4.81. The number of benzene rings is 1. The molecule has 0 spiro atoms. The van der Waals surface area contributed by atoms with Gasteiger partial charge in [0.05, 0.1) is 29.9 Å². The van der Waals surface area contributed by atoms with Gasteiger partial charge in [0.2, 0.25) is 0 Å². The minimum Gasteiger partial charge on any atom is -0.462 e. The van der Waals surface area contributed by atoms with Crippen molar-refractivity contribution in [3.63, 3.8) is 0 Å². The number of carbonyl (C=O) groups is 1. The molecule has 2 rings (SSSR count). The van der Waals surface area contributed by atoms with Crippen molar-refractivity contribution in [3.05, 3.63) is 42.5 Å². The van der Waals surface area contributed by atoms with Crippen LogP contribution < -0.4 is 11.1 Å². The summed E-state index contributed by atoms with van der Waals surface area (Å²) in [4.78, 5) is 15.8. The summed E-state index contributed by atoms with van der Waals surface area (Å²) in [5, 5.41) is 3.30. The lowest BCUT2D eigenvalue weighted by Crippen LogP contribution is -2.22. The number of nitrogens with one attached hydrogen (secondary N) is 1. The summed E-state index contributed by atoms with van der Waals surface area (Å²) in [5.41, 5.74) is 7.77. The topological polar surface area (TPSA) is 82.2 Å². The molecule has 0 fully saturated rings. The van der Waals surface area contributed by atoms with Gasteiger partial charge in [-0.2, -0.15) is 0 Å². The van der Waals surface area contributed by atoms with Crippen molar-refractivity contribution in [1.29, 1.82) is 0 Å². The Bertz CT molecular complexity index is 596.